The van der Waals surface area contributed by atoms with Crippen LogP contribution in [0, 0.1) is 13.8 Å². The minimum atomic E-state index is -0.450. The van der Waals surface area contributed by atoms with Crippen LogP contribution < -0.4 is 0 Å². The molecule has 2 aliphatic rings. The number of hydrogen-bond donors (Lipinski definition) is 0. The molecule has 132 valence electrons. The number of fused-ring (bicyclic) bond motifs is 1. The van der Waals surface area contributed by atoms with Gasteiger partial charge in [0.2, 0.25) is 5.91 Å². The molecule has 2 aliphatic heterocycles. The van der Waals surface area contributed by atoms with Crippen LogP contribution in [0.2, 0.25) is 0 Å². The maximum absolute atomic E-state index is 13.0. The molecule has 2 fully saturated rings. The highest BCUT2D eigenvalue weighted by Gasteiger charge is 2.46. The van der Waals surface area contributed by atoms with Crippen molar-refractivity contribution in [1.82, 2.24) is 9.80 Å². The molecule has 2 saturated heterocycles. The first-order valence-electron chi connectivity index (χ1n) is 8.55. The fourth-order valence-electron chi connectivity index (χ4n) is 3.84. The Labute approximate surface area is 146 Å². The number of hydrogen-bond acceptors (Lipinski definition) is 4. The second kappa shape index (κ2) is 5.59. The van der Waals surface area contributed by atoms with Gasteiger partial charge in [0.15, 0.2) is 5.76 Å². The van der Waals surface area contributed by atoms with Gasteiger partial charge in [-0.05, 0) is 32.4 Å². The number of furan rings is 1. The van der Waals surface area contributed by atoms with Crippen molar-refractivity contribution in [3.05, 3.63) is 35.1 Å². The zero-order chi connectivity index (χ0) is 17.8. The molecule has 6 nitrogen and oxygen atoms in total. The van der Waals surface area contributed by atoms with Crippen LogP contribution >= 0.6 is 0 Å². The zero-order valence-electron chi connectivity index (χ0n) is 14.8. The SMILES string of the molecule is Cc1ccc2oc(C(=O)N3CC[C@]4(CN(C)C(=O)CO4)C3)c(C)c2c1. The predicted octanol–water partition coefficient (Wildman–Crippen LogP) is 2.12. The third-order valence-electron chi connectivity index (χ3n) is 5.34. The lowest BCUT2D eigenvalue weighted by Crippen LogP contribution is -2.54. The van der Waals surface area contributed by atoms with E-state index in [-0.39, 0.29) is 18.4 Å². The van der Waals surface area contributed by atoms with E-state index in [4.69, 9.17) is 9.15 Å². The van der Waals surface area contributed by atoms with E-state index in [2.05, 4.69) is 0 Å². The Morgan fingerprint density at radius 2 is 2.04 bits per heavy atom. The van der Waals surface area contributed by atoms with E-state index in [1.54, 1.807) is 16.8 Å². The van der Waals surface area contributed by atoms with Gasteiger partial charge in [-0.2, -0.15) is 0 Å². The molecule has 2 amide bonds. The molecule has 2 aromatic rings. The third kappa shape index (κ3) is 2.61. The van der Waals surface area contributed by atoms with Crippen LogP contribution in [0.3, 0.4) is 0 Å². The van der Waals surface area contributed by atoms with Gasteiger partial charge in [0, 0.05) is 24.5 Å². The molecule has 1 aromatic heterocycles. The molecular weight excluding hydrogens is 320 g/mol. The van der Waals surface area contributed by atoms with Crippen molar-refractivity contribution in [1.29, 1.82) is 0 Å². The lowest BCUT2D eigenvalue weighted by Gasteiger charge is -2.38. The van der Waals surface area contributed by atoms with Gasteiger partial charge in [0.25, 0.3) is 5.91 Å². The van der Waals surface area contributed by atoms with Crippen molar-refractivity contribution in [3.8, 4) is 0 Å². The summed E-state index contributed by atoms with van der Waals surface area (Å²) in [4.78, 5) is 28.1. The largest absolute Gasteiger partial charge is 0.451 e. The summed E-state index contributed by atoms with van der Waals surface area (Å²) < 4.78 is 11.7. The molecule has 3 heterocycles. The van der Waals surface area contributed by atoms with Crippen LogP contribution in [0.25, 0.3) is 11.0 Å². The van der Waals surface area contributed by atoms with Crippen LogP contribution in [0.5, 0.6) is 0 Å². The van der Waals surface area contributed by atoms with Crippen LogP contribution in [0.4, 0.5) is 0 Å². The molecular formula is C19H22N2O4. The minimum Gasteiger partial charge on any atom is -0.451 e. The predicted molar refractivity (Wildman–Crippen MR) is 92.5 cm³/mol. The first-order valence-corrected chi connectivity index (χ1v) is 8.55. The second-order valence-corrected chi connectivity index (χ2v) is 7.25. The number of aryl methyl sites for hydroxylation is 2. The Hall–Kier alpha value is -2.34. The molecule has 4 rings (SSSR count). The van der Waals surface area contributed by atoms with Crippen molar-refractivity contribution in [2.24, 2.45) is 0 Å². The molecule has 0 bridgehead atoms. The number of likely N-dealkylation sites (N-methyl/N-ethyl adjacent to an activating group) is 1. The van der Waals surface area contributed by atoms with Crippen LogP contribution in [0.1, 0.15) is 28.1 Å². The number of benzene rings is 1. The third-order valence-corrected chi connectivity index (χ3v) is 5.34. The van der Waals surface area contributed by atoms with E-state index in [1.165, 1.54) is 0 Å². The van der Waals surface area contributed by atoms with Crippen molar-refractivity contribution >= 4 is 22.8 Å². The highest BCUT2D eigenvalue weighted by molar-refractivity contribution is 5.99. The van der Waals surface area contributed by atoms with E-state index in [0.29, 0.717) is 25.4 Å². The molecule has 0 N–H and O–H groups in total. The number of rotatable bonds is 1. The molecule has 0 aliphatic carbocycles. The lowest BCUT2D eigenvalue weighted by atomic mass is 10.0. The monoisotopic (exact) mass is 342 g/mol. The number of amides is 2. The number of morpholine rings is 1. The van der Waals surface area contributed by atoms with E-state index < -0.39 is 5.60 Å². The number of ether oxygens (including phenoxy) is 1. The number of carbonyl (C=O) groups is 2. The summed E-state index contributed by atoms with van der Waals surface area (Å²) in [5.41, 5.74) is 2.30. The van der Waals surface area contributed by atoms with Crippen molar-refractivity contribution in [2.45, 2.75) is 25.9 Å². The van der Waals surface area contributed by atoms with E-state index in [0.717, 1.165) is 28.5 Å². The Morgan fingerprint density at radius 3 is 2.80 bits per heavy atom. The fraction of sp³-hybridized carbons (Fsp3) is 0.474. The van der Waals surface area contributed by atoms with Gasteiger partial charge >= 0.3 is 0 Å². The molecule has 0 unspecified atom stereocenters. The Bertz CT molecular complexity index is 872. The smallest absolute Gasteiger partial charge is 0.289 e. The van der Waals surface area contributed by atoms with Gasteiger partial charge in [0.05, 0.1) is 13.1 Å². The summed E-state index contributed by atoms with van der Waals surface area (Å²) in [6.45, 7) is 5.65. The van der Waals surface area contributed by atoms with Gasteiger partial charge in [-0.25, -0.2) is 0 Å². The van der Waals surface area contributed by atoms with Gasteiger partial charge < -0.3 is 19.0 Å². The summed E-state index contributed by atoms with van der Waals surface area (Å²) in [5.74, 6) is 0.281. The quantitative estimate of drug-likeness (QED) is 0.796. The summed E-state index contributed by atoms with van der Waals surface area (Å²) in [6.07, 6.45) is 0.731. The molecule has 1 aromatic carbocycles. The van der Waals surface area contributed by atoms with E-state index in [1.807, 2.05) is 32.0 Å². The molecule has 6 heteroatoms. The van der Waals surface area contributed by atoms with Gasteiger partial charge in [-0.3, -0.25) is 9.59 Å². The van der Waals surface area contributed by atoms with Gasteiger partial charge in [0.1, 0.15) is 17.8 Å². The summed E-state index contributed by atoms with van der Waals surface area (Å²) in [6, 6.07) is 5.93. The Kier molecular flexibility index (Phi) is 3.61. The highest BCUT2D eigenvalue weighted by Crippen LogP contribution is 2.32. The minimum absolute atomic E-state index is 0.0149. The van der Waals surface area contributed by atoms with Gasteiger partial charge in [-0.15, -0.1) is 0 Å². The summed E-state index contributed by atoms with van der Waals surface area (Å²) in [7, 11) is 1.78. The Morgan fingerprint density at radius 1 is 1.24 bits per heavy atom. The van der Waals surface area contributed by atoms with E-state index in [9.17, 15) is 9.59 Å². The zero-order valence-corrected chi connectivity index (χ0v) is 14.8. The number of carbonyl (C=O) groups excluding carboxylic acids is 2. The topological polar surface area (TPSA) is 63.0 Å². The fourth-order valence-corrected chi connectivity index (χ4v) is 3.84. The molecule has 25 heavy (non-hydrogen) atoms. The van der Waals surface area contributed by atoms with Crippen molar-refractivity contribution in [3.63, 3.8) is 0 Å². The Balaban J connectivity index is 1.58. The molecule has 1 atom stereocenters. The molecule has 0 saturated carbocycles. The highest BCUT2D eigenvalue weighted by atomic mass is 16.5. The number of nitrogens with zero attached hydrogens (tertiary/aromatic N) is 2. The molecule has 1 spiro atoms. The maximum atomic E-state index is 13.0. The van der Waals surface area contributed by atoms with Crippen LogP contribution in [0.15, 0.2) is 22.6 Å². The average Bonchev–Trinajstić information content (AvgIpc) is 3.13. The standard InChI is InChI=1S/C19H22N2O4/c1-12-4-5-15-14(8-12)13(2)17(25-15)18(23)21-7-6-19(11-21)10-20(3)16(22)9-24-19/h4-5,8H,6-7,9-11H2,1-3H3/t19-/m0/s1. The first kappa shape index (κ1) is 16.1. The van der Waals surface area contributed by atoms with Crippen LogP contribution in [-0.4, -0.2) is 60.5 Å². The lowest BCUT2D eigenvalue weighted by molar-refractivity contribution is -0.158. The summed E-state index contributed by atoms with van der Waals surface area (Å²) >= 11 is 0. The second-order valence-electron chi connectivity index (χ2n) is 7.25. The maximum Gasteiger partial charge on any atom is 0.289 e. The average molecular weight is 342 g/mol. The normalized spacial score (nSPS) is 23.9. The molecule has 0 radical (unpaired) electrons. The summed E-state index contributed by atoms with van der Waals surface area (Å²) in [5, 5.41) is 0.983. The van der Waals surface area contributed by atoms with Crippen LogP contribution in [-0.2, 0) is 9.53 Å². The van der Waals surface area contributed by atoms with Crippen molar-refractivity contribution < 1.29 is 18.7 Å². The first-order chi connectivity index (χ1) is 11.9. The van der Waals surface area contributed by atoms with E-state index >= 15 is 0 Å². The van der Waals surface area contributed by atoms with Crippen molar-refractivity contribution in [2.75, 3.05) is 33.3 Å². The van der Waals surface area contributed by atoms with Gasteiger partial charge in [-0.1, -0.05) is 11.6 Å². The number of likely N-dealkylation sites (tertiary alicyclic amines) is 1.